The van der Waals surface area contributed by atoms with Gasteiger partial charge >= 0.3 is 0 Å². The topological polar surface area (TPSA) is 265 Å². The first kappa shape index (κ1) is 49.8. The van der Waals surface area contributed by atoms with Crippen molar-refractivity contribution in [1.82, 2.24) is 0 Å². The first-order chi connectivity index (χ1) is 12.9. The maximum absolute atomic E-state index is 9.00. The van der Waals surface area contributed by atoms with E-state index < -0.39 is 29.8 Å². The van der Waals surface area contributed by atoms with Crippen molar-refractivity contribution >= 4 is 29.8 Å². The number of hydrogen-bond donors (Lipinski definition) is 8. The Labute approximate surface area is 170 Å². The maximum Gasteiger partial charge on any atom is 0.300 e. The molecular weight excluding hydrogens is 394 g/mol. The predicted molar refractivity (Wildman–Crippen MR) is 110 cm³/mol. The van der Waals surface area contributed by atoms with Crippen LogP contribution in [0, 0.1) is 0 Å². The largest absolute Gasteiger partial charge is 0.481 e. The Kier molecular flexibility index (Phi) is 111. The fourth-order valence-corrected chi connectivity index (χ4v) is 0. The normalized spacial score (nSPS) is 5.55. The van der Waals surface area contributed by atoms with E-state index in [1.165, 1.54) is 18.6 Å². The second kappa shape index (κ2) is 64.8. The van der Waals surface area contributed by atoms with Crippen molar-refractivity contribution in [2.24, 2.45) is 17.2 Å². The number of nitrogens with two attached hydrogens (primary N) is 3. The van der Waals surface area contributed by atoms with Gasteiger partial charge in [0.25, 0.3) is 29.8 Å². The van der Waals surface area contributed by atoms with E-state index in [0.717, 1.165) is 34.6 Å². The van der Waals surface area contributed by atoms with Crippen LogP contribution in [-0.4, -0.2) is 55.4 Å². The lowest BCUT2D eigenvalue weighted by atomic mass is 10.9. The lowest BCUT2D eigenvalue weighted by Crippen LogP contribution is -1.78. The van der Waals surface area contributed by atoms with Gasteiger partial charge in [-0.1, -0.05) is 19.7 Å². The first-order valence-electron chi connectivity index (χ1n) is 6.86. The third-order valence-corrected chi connectivity index (χ3v) is 0. The summed E-state index contributed by atoms with van der Waals surface area (Å²) >= 11 is 0. The Balaban J connectivity index is -0.0000000291. The van der Waals surface area contributed by atoms with Crippen molar-refractivity contribution in [2.45, 2.75) is 34.6 Å². The zero-order valence-electron chi connectivity index (χ0n) is 17.4. The lowest BCUT2D eigenvalue weighted by molar-refractivity contribution is -0.135. The zero-order chi connectivity index (χ0) is 26.0. The lowest BCUT2D eigenvalue weighted by Gasteiger charge is -1.59. The molecule has 174 valence electrons. The average Bonchev–Trinajstić information content (AvgIpc) is 2.36. The predicted octanol–water partition coefficient (Wildman–Crippen LogP) is 0.720. The Hall–Kier alpha value is -4.03. The zero-order valence-corrected chi connectivity index (χ0v) is 17.4. The SMILES string of the molecule is C=CN.C=CN.C=CN.CC(=O)O.CC(=O)O.CC(=O)O.CC(=O)O.CC(=O)O. The van der Waals surface area contributed by atoms with E-state index in [1.807, 2.05) is 0 Å². The second-order valence-electron chi connectivity index (χ2n) is 3.30. The molecule has 29 heavy (non-hydrogen) atoms. The van der Waals surface area contributed by atoms with Crippen LogP contribution in [0.3, 0.4) is 0 Å². The molecular formula is C16H35N3O10. The summed E-state index contributed by atoms with van der Waals surface area (Å²) in [6, 6.07) is 0. The molecule has 0 heterocycles. The van der Waals surface area contributed by atoms with Gasteiger partial charge in [-0.05, 0) is 18.6 Å². The van der Waals surface area contributed by atoms with Crippen LogP contribution >= 0.6 is 0 Å². The van der Waals surface area contributed by atoms with Crippen LogP contribution in [0.2, 0.25) is 0 Å². The van der Waals surface area contributed by atoms with Gasteiger partial charge in [-0.15, -0.1) is 0 Å². The van der Waals surface area contributed by atoms with Gasteiger partial charge in [0, 0.05) is 34.6 Å². The average molecular weight is 429 g/mol. The second-order valence-corrected chi connectivity index (χ2v) is 3.30. The number of carboxylic acid groups (broad SMARTS) is 5. The minimum atomic E-state index is -0.833. The minimum absolute atomic E-state index is 0.833. The van der Waals surface area contributed by atoms with Crippen LogP contribution in [0.5, 0.6) is 0 Å². The molecule has 0 amide bonds. The molecule has 0 aliphatic carbocycles. The van der Waals surface area contributed by atoms with Crippen LogP contribution < -0.4 is 17.2 Å². The van der Waals surface area contributed by atoms with Gasteiger partial charge in [0.15, 0.2) is 0 Å². The molecule has 0 saturated heterocycles. The quantitative estimate of drug-likeness (QED) is 0.264. The highest BCUT2D eigenvalue weighted by Gasteiger charge is 1.67. The number of carboxylic acids is 5. The van der Waals surface area contributed by atoms with E-state index in [-0.39, 0.29) is 0 Å². The summed E-state index contributed by atoms with van der Waals surface area (Å²) in [6.07, 6.45) is 3.75. The van der Waals surface area contributed by atoms with E-state index in [4.69, 9.17) is 49.5 Å². The summed E-state index contributed by atoms with van der Waals surface area (Å²) in [5.74, 6) is -4.17. The molecule has 0 aromatic heterocycles. The van der Waals surface area contributed by atoms with Gasteiger partial charge < -0.3 is 42.7 Å². The van der Waals surface area contributed by atoms with Crippen LogP contribution in [0.15, 0.2) is 38.3 Å². The standard InChI is InChI=1S/3C2H5N.5C2H4O2/c3*1-2-3;5*1-2(3)4/h3*2H,1,3H2;5*1H3,(H,3,4). The Bertz CT molecular complexity index is 321. The molecule has 0 unspecified atom stereocenters. The van der Waals surface area contributed by atoms with Crippen molar-refractivity contribution in [3.63, 3.8) is 0 Å². The number of rotatable bonds is 0. The third kappa shape index (κ3) is 712. The molecule has 0 aromatic carbocycles. The van der Waals surface area contributed by atoms with Crippen molar-refractivity contribution in [3.8, 4) is 0 Å². The summed E-state index contributed by atoms with van der Waals surface area (Å²) in [5.41, 5.74) is 13.8. The van der Waals surface area contributed by atoms with Crippen LogP contribution in [0.1, 0.15) is 34.6 Å². The summed E-state index contributed by atoms with van der Waals surface area (Å²) in [4.78, 5) is 45.0. The van der Waals surface area contributed by atoms with Crippen molar-refractivity contribution in [1.29, 1.82) is 0 Å². The first-order valence-corrected chi connectivity index (χ1v) is 6.86. The van der Waals surface area contributed by atoms with Gasteiger partial charge in [0.2, 0.25) is 0 Å². The van der Waals surface area contributed by atoms with Gasteiger partial charge in [-0.3, -0.25) is 24.0 Å². The van der Waals surface area contributed by atoms with Crippen molar-refractivity contribution in [2.75, 3.05) is 0 Å². The molecule has 0 radical (unpaired) electrons. The molecule has 0 fully saturated rings. The fraction of sp³-hybridized carbons (Fsp3) is 0.312. The summed E-state index contributed by atoms with van der Waals surface area (Å²) in [6.45, 7) is 14.8. The monoisotopic (exact) mass is 429 g/mol. The highest BCUT2D eigenvalue weighted by Crippen LogP contribution is 1.43. The maximum atomic E-state index is 9.00. The molecule has 0 aromatic rings. The van der Waals surface area contributed by atoms with Gasteiger partial charge in [0.1, 0.15) is 0 Å². The molecule has 0 bridgehead atoms. The van der Waals surface area contributed by atoms with Crippen molar-refractivity contribution < 1.29 is 49.5 Å². The molecule has 13 nitrogen and oxygen atoms in total. The van der Waals surface area contributed by atoms with E-state index in [1.54, 1.807) is 0 Å². The van der Waals surface area contributed by atoms with Crippen LogP contribution in [-0.2, 0) is 24.0 Å². The van der Waals surface area contributed by atoms with Crippen LogP contribution in [0.4, 0.5) is 0 Å². The highest BCUT2D eigenvalue weighted by atomic mass is 16.4. The highest BCUT2D eigenvalue weighted by molar-refractivity contribution is 5.63. The molecule has 0 atom stereocenters. The van der Waals surface area contributed by atoms with Gasteiger partial charge in [-0.2, -0.15) is 0 Å². The molecule has 0 rings (SSSR count). The van der Waals surface area contributed by atoms with E-state index in [9.17, 15) is 0 Å². The fourth-order valence-electron chi connectivity index (χ4n) is 0. The molecule has 0 spiro atoms. The molecule has 13 heteroatoms. The van der Waals surface area contributed by atoms with Crippen LogP contribution in [0.25, 0.3) is 0 Å². The minimum Gasteiger partial charge on any atom is -0.481 e. The summed E-state index contributed by atoms with van der Waals surface area (Å²) in [5, 5.41) is 37.1. The van der Waals surface area contributed by atoms with Crippen molar-refractivity contribution in [3.05, 3.63) is 38.3 Å². The molecule has 0 saturated carbocycles. The molecule has 0 aliphatic heterocycles. The molecule has 0 aliphatic rings. The Morgan fingerprint density at radius 1 is 0.483 bits per heavy atom. The van der Waals surface area contributed by atoms with Gasteiger partial charge in [-0.25, -0.2) is 0 Å². The third-order valence-electron chi connectivity index (χ3n) is 0. The van der Waals surface area contributed by atoms with E-state index >= 15 is 0 Å². The Morgan fingerprint density at radius 3 is 0.483 bits per heavy atom. The van der Waals surface area contributed by atoms with E-state index in [2.05, 4.69) is 36.9 Å². The number of hydrogen-bond acceptors (Lipinski definition) is 8. The number of aliphatic carboxylic acids is 5. The number of carbonyl (C=O) groups is 5. The van der Waals surface area contributed by atoms with E-state index in [0.29, 0.717) is 0 Å². The Morgan fingerprint density at radius 2 is 0.483 bits per heavy atom. The smallest absolute Gasteiger partial charge is 0.300 e. The summed E-state index contributed by atoms with van der Waals surface area (Å²) in [7, 11) is 0. The van der Waals surface area contributed by atoms with Gasteiger partial charge in [0.05, 0.1) is 0 Å². The summed E-state index contributed by atoms with van der Waals surface area (Å²) < 4.78 is 0. The molecule has 11 N–H and O–H groups in total.